The summed E-state index contributed by atoms with van der Waals surface area (Å²) in [6.45, 7) is 5.26. The summed E-state index contributed by atoms with van der Waals surface area (Å²) in [6, 6.07) is 0. The molecular formula is C12H20N6O3. The summed E-state index contributed by atoms with van der Waals surface area (Å²) < 4.78 is 16.2. The lowest BCUT2D eigenvalue weighted by Gasteiger charge is -2.27. The number of nitrogens with two attached hydrogens (primary N) is 1. The molecule has 1 atom stereocenters. The Labute approximate surface area is 122 Å². The van der Waals surface area contributed by atoms with Crippen LogP contribution < -0.4 is 16.0 Å². The average molecular weight is 296 g/mol. The molecule has 0 aromatic carbocycles. The first-order valence-electron chi connectivity index (χ1n) is 7.09. The fourth-order valence-corrected chi connectivity index (χ4v) is 2.22. The number of hydrogen-bond donors (Lipinski definition) is 2. The highest BCUT2D eigenvalue weighted by atomic mass is 16.6. The van der Waals surface area contributed by atoms with Gasteiger partial charge in [-0.15, -0.1) is 0 Å². The van der Waals surface area contributed by atoms with Crippen LogP contribution in [0.1, 0.15) is 0 Å². The Bertz CT molecular complexity index is 462. The molecule has 3 rings (SSSR count). The molecule has 3 N–H and O–H groups in total. The highest BCUT2D eigenvalue weighted by molar-refractivity contribution is 5.42. The van der Waals surface area contributed by atoms with Crippen molar-refractivity contribution in [2.45, 2.75) is 6.10 Å². The van der Waals surface area contributed by atoms with E-state index in [9.17, 15) is 0 Å². The first kappa shape index (κ1) is 14.2. The van der Waals surface area contributed by atoms with Crippen molar-refractivity contribution in [1.82, 2.24) is 15.0 Å². The van der Waals surface area contributed by atoms with Crippen LogP contribution in [0.4, 0.5) is 17.8 Å². The van der Waals surface area contributed by atoms with Gasteiger partial charge in [-0.2, -0.15) is 15.0 Å². The van der Waals surface area contributed by atoms with Gasteiger partial charge in [0.05, 0.1) is 39.1 Å². The maximum Gasteiger partial charge on any atom is 0.232 e. The lowest BCUT2D eigenvalue weighted by molar-refractivity contribution is -0.0819. The van der Waals surface area contributed by atoms with Crippen molar-refractivity contribution >= 4 is 17.8 Å². The Hall–Kier alpha value is -1.71. The predicted molar refractivity (Wildman–Crippen MR) is 76.3 cm³/mol. The van der Waals surface area contributed by atoms with Crippen molar-refractivity contribution in [2.75, 3.05) is 68.6 Å². The Kier molecular flexibility index (Phi) is 4.63. The molecule has 2 aliphatic rings. The minimum atomic E-state index is 0.00331. The summed E-state index contributed by atoms with van der Waals surface area (Å²) in [4.78, 5) is 14.7. The van der Waals surface area contributed by atoms with Gasteiger partial charge < -0.3 is 30.2 Å². The fraction of sp³-hybridized carbons (Fsp3) is 0.750. The van der Waals surface area contributed by atoms with Gasteiger partial charge in [-0.05, 0) is 0 Å². The largest absolute Gasteiger partial charge is 0.378 e. The molecule has 2 fully saturated rings. The van der Waals surface area contributed by atoms with Crippen molar-refractivity contribution in [3.05, 3.63) is 0 Å². The van der Waals surface area contributed by atoms with Crippen LogP contribution in [0.25, 0.3) is 0 Å². The summed E-state index contributed by atoms with van der Waals surface area (Å²) in [5.41, 5.74) is 5.76. The number of rotatable bonds is 4. The Morgan fingerprint density at radius 3 is 2.71 bits per heavy atom. The zero-order valence-electron chi connectivity index (χ0n) is 11.8. The Morgan fingerprint density at radius 1 is 1.10 bits per heavy atom. The second-order valence-electron chi connectivity index (χ2n) is 4.87. The minimum Gasteiger partial charge on any atom is -0.378 e. The monoisotopic (exact) mass is 296 g/mol. The quantitative estimate of drug-likeness (QED) is 0.732. The van der Waals surface area contributed by atoms with Crippen LogP contribution in [-0.4, -0.2) is 73.7 Å². The van der Waals surface area contributed by atoms with E-state index in [-0.39, 0.29) is 12.1 Å². The zero-order chi connectivity index (χ0) is 14.5. The molecule has 21 heavy (non-hydrogen) atoms. The van der Waals surface area contributed by atoms with Crippen molar-refractivity contribution in [2.24, 2.45) is 0 Å². The number of nitrogens with one attached hydrogen (secondary N) is 1. The number of hydrogen-bond acceptors (Lipinski definition) is 9. The van der Waals surface area contributed by atoms with Gasteiger partial charge in [-0.3, -0.25) is 0 Å². The SMILES string of the molecule is Nc1nc(NCC2COCCO2)nc(N2CCOCC2)n1. The standard InChI is InChI=1S/C12H20N6O3/c13-10-15-11(14-7-9-8-20-5-6-21-9)17-12(16-10)18-1-3-19-4-2-18/h9H,1-8H2,(H3,13,14,15,16,17). The van der Waals surface area contributed by atoms with Gasteiger partial charge in [0.1, 0.15) is 0 Å². The Morgan fingerprint density at radius 2 is 1.95 bits per heavy atom. The molecule has 1 aromatic rings. The van der Waals surface area contributed by atoms with E-state index < -0.39 is 0 Å². The summed E-state index contributed by atoms with van der Waals surface area (Å²) in [5, 5.41) is 3.13. The Balaban J connectivity index is 1.62. The molecule has 0 saturated carbocycles. The molecule has 0 aliphatic carbocycles. The van der Waals surface area contributed by atoms with E-state index in [1.54, 1.807) is 0 Å². The van der Waals surface area contributed by atoms with E-state index in [1.165, 1.54) is 0 Å². The van der Waals surface area contributed by atoms with E-state index in [0.717, 1.165) is 13.1 Å². The van der Waals surface area contributed by atoms with Crippen LogP contribution in [-0.2, 0) is 14.2 Å². The van der Waals surface area contributed by atoms with Crippen LogP contribution in [0.3, 0.4) is 0 Å². The van der Waals surface area contributed by atoms with Crippen LogP contribution in [0.2, 0.25) is 0 Å². The highest BCUT2D eigenvalue weighted by Gasteiger charge is 2.17. The summed E-state index contributed by atoms with van der Waals surface area (Å²) in [5.74, 6) is 1.24. The van der Waals surface area contributed by atoms with Gasteiger partial charge in [0, 0.05) is 19.6 Å². The molecule has 9 nitrogen and oxygen atoms in total. The van der Waals surface area contributed by atoms with E-state index in [0.29, 0.717) is 51.5 Å². The molecule has 0 amide bonds. The van der Waals surface area contributed by atoms with E-state index >= 15 is 0 Å². The fourth-order valence-electron chi connectivity index (χ4n) is 2.22. The number of anilines is 3. The smallest absolute Gasteiger partial charge is 0.232 e. The third kappa shape index (κ3) is 3.90. The number of nitrogens with zero attached hydrogens (tertiary/aromatic N) is 4. The zero-order valence-corrected chi connectivity index (χ0v) is 11.8. The molecule has 2 aliphatic heterocycles. The summed E-state index contributed by atoms with van der Waals surface area (Å²) in [7, 11) is 0. The average Bonchev–Trinajstić information content (AvgIpc) is 2.54. The van der Waals surface area contributed by atoms with Crippen molar-refractivity contribution in [3.63, 3.8) is 0 Å². The van der Waals surface area contributed by atoms with Crippen LogP contribution in [0.15, 0.2) is 0 Å². The second kappa shape index (κ2) is 6.83. The van der Waals surface area contributed by atoms with Crippen molar-refractivity contribution in [1.29, 1.82) is 0 Å². The second-order valence-corrected chi connectivity index (χ2v) is 4.87. The third-order valence-corrected chi connectivity index (χ3v) is 3.31. The topological polar surface area (TPSA) is 108 Å². The predicted octanol–water partition coefficient (Wildman–Crippen LogP) is -0.882. The molecule has 0 radical (unpaired) electrons. The van der Waals surface area contributed by atoms with E-state index in [2.05, 4.69) is 20.3 Å². The molecule has 1 aromatic heterocycles. The third-order valence-electron chi connectivity index (χ3n) is 3.31. The van der Waals surface area contributed by atoms with Crippen LogP contribution in [0.5, 0.6) is 0 Å². The molecule has 0 bridgehead atoms. The lowest BCUT2D eigenvalue weighted by Crippen LogP contribution is -2.38. The molecule has 0 spiro atoms. The van der Waals surface area contributed by atoms with Crippen LogP contribution >= 0.6 is 0 Å². The first-order chi connectivity index (χ1) is 10.3. The van der Waals surface area contributed by atoms with E-state index in [4.69, 9.17) is 19.9 Å². The minimum absolute atomic E-state index is 0.00331. The maximum atomic E-state index is 5.76. The molecular weight excluding hydrogens is 276 g/mol. The summed E-state index contributed by atoms with van der Waals surface area (Å²) >= 11 is 0. The molecule has 1 unspecified atom stereocenters. The molecule has 9 heteroatoms. The molecule has 2 saturated heterocycles. The van der Waals surface area contributed by atoms with E-state index in [1.807, 2.05) is 4.90 Å². The van der Waals surface area contributed by atoms with Gasteiger partial charge in [0.15, 0.2) is 0 Å². The van der Waals surface area contributed by atoms with Gasteiger partial charge in [0.2, 0.25) is 17.8 Å². The van der Waals surface area contributed by atoms with Gasteiger partial charge in [-0.25, -0.2) is 0 Å². The van der Waals surface area contributed by atoms with Crippen molar-refractivity contribution < 1.29 is 14.2 Å². The van der Waals surface area contributed by atoms with Gasteiger partial charge in [0.25, 0.3) is 0 Å². The van der Waals surface area contributed by atoms with Gasteiger partial charge >= 0.3 is 0 Å². The highest BCUT2D eigenvalue weighted by Crippen LogP contribution is 2.13. The lowest BCUT2D eigenvalue weighted by atomic mass is 10.3. The first-order valence-corrected chi connectivity index (χ1v) is 7.09. The number of morpholine rings is 1. The van der Waals surface area contributed by atoms with Crippen LogP contribution in [0, 0.1) is 0 Å². The number of ether oxygens (including phenoxy) is 3. The van der Waals surface area contributed by atoms with Crippen molar-refractivity contribution in [3.8, 4) is 0 Å². The van der Waals surface area contributed by atoms with Gasteiger partial charge in [-0.1, -0.05) is 0 Å². The molecule has 116 valence electrons. The molecule has 3 heterocycles. The maximum absolute atomic E-state index is 5.76. The number of aromatic nitrogens is 3. The number of nitrogen functional groups attached to an aromatic ring is 1. The summed E-state index contributed by atoms with van der Waals surface area (Å²) in [6.07, 6.45) is 0.00331. The normalized spacial score (nSPS) is 23.0.